The average Bonchev–Trinajstić information content (AvgIpc) is 2.41. The summed E-state index contributed by atoms with van der Waals surface area (Å²) in [7, 11) is 0. The van der Waals surface area contributed by atoms with Gasteiger partial charge in [0, 0.05) is 6.54 Å². The summed E-state index contributed by atoms with van der Waals surface area (Å²) < 4.78 is 12.9. The molecule has 0 aliphatic heterocycles. The number of anilines is 2. The highest BCUT2D eigenvalue weighted by Crippen LogP contribution is 2.18. The Morgan fingerprint density at radius 1 is 1.24 bits per heavy atom. The van der Waals surface area contributed by atoms with Gasteiger partial charge in [0.1, 0.15) is 5.82 Å². The van der Waals surface area contributed by atoms with E-state index in [1.807, 2.05) is 13.8 Å². The van der Waals surface area contributed by atoms with Crippen LogP contribution in [-0.2, 0) is 9.59 Å². The lowest BCUT2D eigenvalue weighted by Gasteiger charge is -2.19. The van der Waals surface area contributed by atoms with E-state index < -0.39 is 5.82 Å². The first kappa shape index (κ1) is 16.9. The van der Waals surface area contributed by atoms with Gasteiger partial charge in [0.15, 0.2) is 0 Å². The van der Waals surface area contributed by atoms with Crippen molar-refractivity contribution in [3.8, 4) is 0 Å². The molecule has 0 atom stereocenters. The lowest BCUT2D eigenvalue weighted by Crippen LogP contribution is -2.41. The number of hydrogen-bond donors (Lipinski definition) is 3. The van der Waals surface area contributed by atoms with Crippen molar-refractivity contribution >= 4 is 23.2 Å². The SMILES string of the molecule is CCNC(=O)CN(CC)CC(=O)Nc1ccc(F)cc1N. The summed E-state index contributed by atoms with van der Waals surface area (Å²) in [5.41, 5.74) is 6.14. The Morgan fingerprint density at radius 2 is 1.90 bits per heavy atom. The third kappa shape index (κ3) is 5.78. The molecule has 4 N–H and O–H groups in total. The van der Waals surface area contributed by atoms with Crippen LogP contribution in [0.2, 0.25) is 0 Å². The number of amides is 2. The van der Waals surface area contributed by atoms with Crippen molar-refractivity contribution < 1.29 is 14.0 Å². The van der Waals surface area contributed by atoms with E-state index in [1.54, 1.807) is 4.90 Å². The van der Waals surface area contributed by atoms with E-state index in [1.165, 1.54) is 12.1 Å². The molecule has 0 fully saturated rings. The lowest BCUT2D eigenvalue weighted by atomic mass is 10.2. The van der Waals surface area contributed by atoms with Crippen molar-refractivity contribution in [2.75, 3.05) is 37.2 Å². The average molecular weight is 296 g/mol. The first-order valence-electron chi connectivity index (χ1n) is 6.80. The highest BCUT2D eigenvalue weighted by Gasteiger charge is 2.13. The molecule has 0 spiro atoms. The fourth-order valence-electron chi connectivity index (χ4n) is 1.78. The molecule has 6 nitrogen and oxygen atoms in total. The van der Waals surface area contributed by atoms with Gasteiger partial charge in [0.2, 0.25) is 11.8 Å². The molecule has 0 aromatic heterocycles. The van der Waals surface area contributed by atoms with Crippen molar-refractivity contribution in [1.82, 2.24) is 10.2 Å². The summed E-state index contributed by atoms with van der Waals surface area (Å²) in [4.78, 5) is 25.1. The van der Waals surface area contributed by atoms with Gasteiger partial charge >= 0.3 is 0 Å². The minimum absolute atomic E-state index is 0.0600. The van der Waals surface area contributed by atoms with E-state index >= 15 is 0 Å². The minimum atomic E-state index is -0.461. The summed E-state index contributed by atoms with van der Waals surface area (Å²) >= 11 is 0. The predicted molar refractivity (Wildman–Crippen MR) is 80.2 cm³/mol. The van der Waals surface area contributed by atoms with Crippen molar-refractivity contribution in [2.45, 2.75) is 13.8 Å². The van der Waals surface area contributed by atoms with Gasteiger partial charge in [-0.3, -0.25) is 14.5 Å². The molecule has 116 valence electrons. The van der Waals surface area contributed by atoms with E-state index in [0.717, 1.165) is 6.07 Å². The molecule has 21 heavy (non-hydrogen) atoms. The standard InChI is InChI=1S/C14H21FN4O2/c1-3-17-13(20)8-19(4-2)9-14(21)18-12-6-5-10(15)7-11(12)16/h5-7H,3-4,8-9,16H2,1-2H3,(H,17,20)(H,18,21). The van der Waals surface area contributed by atoms with Gasteiger partial charge in [-0.05, 0) is 31.7 Å². The molecule has 1 rings (SSSR count). The van der Waals surface area contributed by atoms with Crippen LogP contribution < -0.4 is 16.4 Å². The molecular weight excluding hydrogens is 275 g/mol. The number of likely N-dealkylation sites (N-methyl/N-ethyl adjacent to an activating group) is 2. The summed E-state index contributed by atoms with van der Waals surface area (Å²) in [5, 5.41) is 5.28. The van der Waals surface area contributed by atoms with Crippen LogP contribution in [0.4, 0.5) is 15.8 Å². The van der Waals surface area contributed by atoms with Crippen molar-refractivity contribution in [1.29, 1.82) is 0 Å². The lowest BCUT2D eigenvalue weighted by molar-refractivity contribution is -0.123. The van der Waals surface area contributed by atoms with E-state index in [9.17, 15) is 14.0 Å². The maximum absolute atomic E-state index is 12.9. The van der Waals surface area contributed by atoms with Crippen LogP contribution in [0.3, 0.4) is 0 Å². The fourth-order valence-corrected chi connectivity index (χ4v) is 1.78. The highest BCUT2D eigenvalue weighted by molar-refractivity contribution is 5.95. The van der Waals surface area contributed by atoms with Gasteiger partial charge in [-0.15, -0.1) is 0 Å². The number of nitrogens with zero attached hydrogens (tertiary/aromatic N) is 1. The summed E-state index contributed by atoms with van der Waals surface area (Å²) in [6, 6.07) is 3.77. The normalized spacial score (nSPS) is 10.5. The van der Waals surface area contributed by atoms with Crippen LogP contribution in [0.1, 0.15) is 13.8 Å². The number of nitrogens with one attached hydrogen (secondary N) is 2. The molecule has 1 aromatic rings. The van der Waals surface area contributed by atoms with Gasteiger partial charge < -0.3 is 16.4 Å². The maximum atomic E-state index is 12.9. The molecule has 7 heteroatoms. The van der Waals surface area contributed by atoms with Gasteiger partial charge in [0.25, 0.3) is 0 Å². The number of benzene rings is 1. The van der Waals surface area contributed by atoms with E-state index in [4.69, 9.17) is 5.73 Å². The van der Waals surface area contributed by atoms with Crippen molar-refractivity contribution in [3.05, 3.63) is 24.0 Å². The molecule has 0 radical (unpaired) electrons. The van der Waals surface area contributed by atoms with Gasteiger partial charge in [-0.1, -0.05) is 6.92 Å². The van der Waals surface area contributed by atoms with Crippen LogP contribution in [0.5, 0.6) is 0 Å². The number of hydrogen-bond acceptors (Lipinski definition) is 4. The zero-order valence-electron chi connectivity index (χ0n) is 12.3. The predicted octanol–water partition coefficient (Wildman–Crippen LogP) is 0.804. The molecule has 0 bridgehead atoms. The number of rotatable bonds is 7. The zero-order valence-corrected chi connectivity index (χ0v) is 12.3. The number of nitrogens with two attached hydrogens (primary N) is 1. The van der Waals surface area contributed by atoms with Gasteiger partial charge in [-0.2, -0.15) is 0 Å². The van der Waals surface area contributed by atoms with E-state index in [0.29, 0.717) is 18.8 Å². The number of nitrogen functional groups attached to an aromatic ring is 1. The minimum Gasteiger partial charge on any atom is -0.397 e. The van der Waals surface area contributed by atoms with Crippen LogP contribution in [0, 0.1) is 5.82 Å². The third-order valence-corrected chi connectivity index (χ3v) is 2.84. The third-order valence-electron chi connectivity index (χ3n) is 2.84. The van der Waals surface area contributed by atoms with Gasteiger partial charge in [0.05, 0.1) is 24.5 Å². The Morgan fingerprint density at radius 3 is 2.48 bits per heavy atom. The Balaban J connectivity index is 2.56. The van der Waals surface area contributed by atoms with Crippen LogP contribution in [-0.4, -0.2) is 42.9 Å². The summed E-state index contributed by atoms with van der Waals surface area (Å²) in [5.74, 6) is -0.898. The summed E-state index contributed by atoms with van der Waals surface area (Å²) in [6.45, 7) is 5.01. The van der Waals surface area contributed by atoms with Crippen LogP contribution in [0.25, 0.3) is 0 Å². The Labute approximate surface area is 123 Å². The smallest absolute Gasteiger partial charge is 0.238 e. The van der Waals surface area contributed by atoms with Crippen LogP contribution >= 0.6 is 0 Å². The first-order chi connectivity index (χ1) is 9.96. The Kier molecular flexibility index (Phi) is 6.61. The second-order valence-electron chi connectivity index (χ2n) is 4.54. The number of carbonyl (C=O) groups is 2. The van der Waals surface area contributed by atoms with Crippen molar-refractivity contribution in [2.24, 2.45) is 0 Å². The van der Waals surface area contributed by atoms with Crippen LogP contribution in [0.15, 0.2) is 18.2 Å². The Bertz CT molecular complexity index is 508. The zero-order chi connectivity index (χ0) is 15.8. The molecular formula is C14H21FN4O2. The number of halogens is 1. The highest BCUT2D eigenvalue weighted by atomic mass is 19.1. The molecule has 0 aliphatic carbocycles. The molecule has 0 aliphatic rings. The first-order valence-corrected chi connectivity index (χ1v) is 6.80. The summed E-state index contributed by atoms with van der Waals surface area (Å²) in [6.07, 6.45) is 0. The quantitative estimate of drug-likeness (QED) is 0.650. The second kappa shape index (κ2) is 8.21. The molecule has 1 aromatic carbocycles. The molecule has 0 saturated carbocycles. The van der Waals surface area contributed by atoms with E-state index in [2.05, 4.69) is 10.6 Å². The molecule has 0 saturated heterocycles. The fraction of sp³-hybridized carbons (Fsp3) is 0.429. The van der Waals surface area contributed by atoms with Crippen molar-refractivity contribution in [3.63, 3.8) is 0 Å². The molecule has 0 heterocycles. The molecule has 0 unspecified atom stereocenters. The second-order valence-corrected chi connectivity index (χ2v) is 4.54. The Hall–Kier alpha value is -2.15. The largest absolute Gasteiger partial charge is 0.397 e. The maximum Gasteiger partial charge on any atom is 0.238 e. The monoisotopic (exact) mass is 296 g/mol. The number of carbonyl (C=O) groups excluding carboxylic acids is 2. The van der Waals surface area contributed by atoms with E-state index in [-0.39, 0.29) is 30.6 Å². The van der Waals surface area contributed by atoms with Gasteiger partial charge in [-0.25, -0.2) is 4.39 Å². The molecule has 2 amide bonds. The topological polar surface area (TPSA) is 87.5 Å².